The highest BCUT2D eigenvalue weighted by Crippen LogP contribution is 2.27. The zero-order valence-corrected chi connectivity index (χ0v) is 9.81. The lowest BCUT2D eigenvalue weighted by Gasteiger charge is -2.14. The van der Waals surface area contributed by atoms with Crippen molar-refractivity contribution in [2.45, 2.75) is 32.3 Å². The molecule has 0 heterocycles. The lowest BCUT2D eigenvalue weighted by Crippen LogP contribution is -2.28. The minimum atomic E-state index is -0.533. The van der Waals surface area contributed by atoms with Gasteiger partial charge in [0.2, 0.25) is 5.91 Å². The molecule has 1 aliphatic rings. The fourth-order valence-electron chi connectivity index (χ4n) is 2.17. The fraction of sp³-hybridized carbons (Fsp3) is 0.462. The van der Waals surface area contributed by atoms with Crippen LogP contribution in [0.5, 0.6) is 5.75 Å². The predicted molar refractivity (Wildman–Crippen MR) is 64.8 cm³/mol. The van der Waals surface area contributed by atoms with Crippen LogP contribution in [0.2, 0.25) is 0 Å². The summed E-state index contributed by atoms with van der Waals surface area (Å²) < 4.78 is 0. The molecule has 2 rings (SSSR count). The van der Waals surface area contributed by atoms with E-state index in [1.165, 1.54) is 6.07 Å². The number of aliphatic hydroxyl groups excluding tert-OH is 1. The molecular formula is C13H17NO3. The topological polar surface area (TPSA) is 69.6 Å². The molecule has 3 N–H and O–H groups in total. The van der Waals surface area contributed by atoms with Crippen molar-refractivity contribution in [2.24, 2.45) is 5.92 Å². The third-order valence-electron chi connectivity index (χ3n) is 3.29. The highest BCUT2D eigenvalue weighted by atomic mass is 16.3. The van der Waals surface area contributed by atoms with Crippen molar-refractivity contribution < 1.29 is 15.0 Å². The highest BCUT2D eigenvalue weighted by molar-refractivity contribution is 5.93. The normalized spacial score (nSPS) is 23.6. The van der Waals surface area contributed by atoms with E-state index in [1.807, 2.05) is 0 Å². The highest BCUT2D eigenvalue weighted by Gasteiger charge is 2.31. The first kappa shape index (κ1) is 11.9. The van der Waals surface area contributed by atoms with Crippen LogP contribution in [0.15, 0.2) is 18.2 Å². The summed E-state index contributed by atoms with van der Waals surface area (Å²) in [5, 5.41) is 21.9. The summed E-state index contributed by atoms with van der Waals surface area (Å²) in [6.45, 7) is 1.79. The zero-order chi connectivity index (χ0) is 12.4. The summed E-state index contributed by atoms with van der Waals surface area (Å²) in [4.78, 5) is 11.9. The molecule has 92 valence electrons. The molecule has 1 saturated carbocycles. The van der Waals surface area contributed by atoms with E-state index in [-0.39, 0.29) is 17.6 Å². The first-order chi connectivity index (χ1) is 8.08. The molecular weight excluding hydrogens is 218 g/mol. The maximum Gasteiger partial charge on any atom is 0.230 e. The average Bonchev–Trinajstić information content (AvgIpc) is 2.70. The summed E-state index contributed by atoms with van der Waals surface area (Å²) >= 11 is 0. The van der Waals surface area contributed by atoms with Crippen LogP contribution in [0.1, 0.15) is 24.8 Å². The number of carbonyl (C=O) groups excluding carboxylic acids is 1. The van der Waals surface area contributed by atoms with E-state index in [9.17, 15) is 15.0 Å². The number of aliphatic hydroxyl groups is 1. The van der Waals surface area contributed by atoms with Crippen molar-refractivity contribution in [1.82, 2.24) is 0 Å². The second kappa shape index (κ2) is 4.75. The molecule has 1 aromatic carbocycles. The van der Waals surface area contributed by atoms with Crippen LogP contribution in [-0.2, 0) is 4.79 Å². The summed E-state index contributed by atoms with van der Waals surface area (Å²) in [7, 11) is 0. The number of carbonyl (C=O) groups is 1. The predicted octanol–water partition coefficient (Wildman–Crippen LogP) is 1.80. The Hall–Kier alpha value is -1.55. The number of hydrogen-bond donors (Lipinski definition) is 3. The van der Waals surface area contributed by atoms with E-state index in [2.05, 4.69) is 5.32 Å². The Labute approximate surface area is 100 Å². The Morgan fingerprint density at radius 1 is 1.41 bits per heavy atom. The molecule has 1 aliphatic carbocycles. The maximum absolute atomic E-state index is 11.9. The van der Waals surface area contributed by atoms with Gasteiger partial charge in [0.15, 0.2) is 0 Å². The lowest BCUT2D eigenvalue weighted by atomic mass is 10.1. The van der Waals surface area contributed by atoms with Crippen molar-refractivity contribution in [3.63, 3.8) is 0 Å². The van der Waals surface area contributed by atoms with Gasteiger partial charge in [-0.15, -0.1) is 0 Å². The summed E-state index contributed by atoms with van der Waals surface area (Å²) in [5.74, 6) is -0.327. The van der Waals surface area contributed by atoms with Crippen LogP contribution in [0.25, 0.3) is 0 Å². The third-order valence-corrected chi connectivity index (χ3v) is 3.29. The van der Waals surface area contributed by atoms with Gasteiger partial charge in [-0.25, -0.2) is 0 Å². The molecule has 4 heteroatoms. The molecule has 1 aromatic rings. The van der Waals surface area contributed by atoms with E-state index in [1.54, 1.807) is 19.1 Å². The number of phenolic OH excluding ortho intramolecular Hbond substituents is 1. The summed E-state index contributed by atoms with van der Waals surface area (Å²) in [5.41, 5.74) is 1.33. The van der Waals surface area contributed by atoms with Crippen molar-refractivity contribution in [3.05, 3.63) is 23.8 Å². The van der Waals surface area contributed by atoms with Gasteiger partial charge in [0.25, 0.3) is 0 Å². The Kier molecular flexibility index (Phi) is 3.33. The molecule has 0 aromatic heterocycles. The van der Waals surface area contributed by atoms with Crippen molar-refractivity contribution in [2.75, 3.05) is 5.32 Å². The Morgan fingerprint density at radius 3 is 2.76 bits per heavy atom. The zero-order valence-electron chi connectivity index (χ0n) is 9.81. The molecule has 1 amide bonds. The van der Waals surface area contributed by atoms with Gasteiger partial charge < -0.3 is 15.5 Å². The number of anilines is 1. The third kappa shape index (κ3) is 2.58. The molecule has 4 nitrogen and oxygen atoms in total. The van der Waals surface area contributed by atoms with Gasteiger partial charge in [-0.1, -0.05) is 6.07 Å². The smallest absolute Gasteiger partial charge is 0.230 e. The summed E-state index contributed by atoms with van der Waals surface area (Å²) in [6.07, 6.45) is 1.77. The van der Waals surface area contributed by atoms with Crippen LogP contribution >= 0.6 is 0 Å². The quantitative estimate of drug-likeness (QED) is 0.732. The number of phenols is 1. The van der Waals surface area contributed by atoms with Gasteiger partial charge in [-0.2, -0.15) is 0 Å². The second-order valence-electron chi connectivity index (χ2n) is 4.60. The largest absolute Gasteiger partial charge is 0.508 e. The lowest BCUT2D eigenvalue weighted by molar-refractivity contribution is -0.122. The Morgan fingerprint density at radius 2 is 2.18 bits per heavy atom. The molecule has 0 radical (unpaired) electrons. The van der Waals surface area contributed by atoms with Gasteiger partial charge in [0.1, 0.15) is 5.75 Å². The number of aryl methyl sites for hydroxylation is 1. The number of amides is 1. The standard InChI is InChI=1S/C13H17NO3/c1-8-5-6-9(7-12(8)16)14-13(17)10-3-2-4-11(10)15/h5-7,10-11,15-16H,2-4H2,1H3,(H,14,17). The van der Waals surface area contributed by atoms with Gasteiger partial charge in [0.05, 0.1) is 12.0 Å². The van der Waals surface area contributed by atoms with E-state index in [0.29, 0.717) is 12.1 Å². The first-order valence-corrected chi connectivity index (χ1v) is 5.86. The van der Waals surface area contributed by atoms with E-state index in [4.69, 9.17) is 0 Å². The van der Waals surface area contributed by atoms with E-state index < -0.39 is 6.10 Å². The van der Waals surface area contributed by atoms with Crippen molar-refractivity contribution >= 4 is 11.6 Å². The summed E-state index contributed by atoms with van der Waals surface area (Å²) in [6, 6.07) is 5.01. The molecule has 17 heavy (non-hydrogen) atoms. The fourth-order valence-corrected chi connectivity index (χ4v) is 2.17. The number of nitrogens with one attached hydrogen (secondary N) is 1. The number of rotatable bonds is 2. The van der Waals surface area contributed by atoms with Gasteiger partial charge >= 0.3 is 0 Å². The van der Waals surface area contributed by atoms with Crippen LogP contribution in [0.4, 0.5) is 5.69 Å². The van der Waals surface area contributed by atoms with Gasteiger partial charge in [-0.3, -0.25) is 4.79 Å². The molecule has 0 bridgehead atoms. The minimum absolute atomic E-state index is 0.162. The molecule has 0 aliphatic heterocycles. The monoisotopic (exact) mass is 235 g/mol. The Bertz CT molecular complexity index is 431. The minimum Gasteiger partial charge on any atom is -0.508 e. The van der Waals surface area contributed by atoms with Crippen LogP contribution in [-0.4, -0.2) is 22.2 Å². The first-order valence-electron chi connectivity index (χ1n) is 5.86. The van der Waals surface area contributed by atoms with Crippen LogP contribution < -0.4 is 5.32 Å². The molecule has 2 atom stereocenters. The molecule has 1 fully saturated rings. The van der Waals surface area contributed by atoms with Crippen molar-refractivity contribution in [1.29, 1.82) is 0 Å². The molecule has 0 saturated heterocycles. The number of aromatic hydroxyl groups is 1. The SMILES string of the molecule is Cc1ccc(NC(=O)C2CCCC2O)cc1O. The number of hydrogen-bond acceptors (Lipinski definition) is 3. The van der Waals surface area contributed by atoms with Crippen molar-refractivity contribution in [3.8, 4) is 5.75 Å². The average molecular weight is 235 g/mol. The van der Waals surface area contributed by atoms with E-state index >= 15 is 0 Å². The van der Waals surface area contributed by atoms with Gasteiger partial charge in [-0.05, 0) is 37.8 Å². The van der Waals surface area contributed by atoms with Crippen LogP contribution in [0, 0.1) is 12.8 Å². The Balaban J connectivity index is 2.05. The second-order valence-corrected chi connectivity index (χ2v) is 4.60. The maximum atomic E-state index is 11.9. The number of benzene rings is 1. The van der Waals surface area contributed by atoms with Crippen LogP contribution in [0.3, 0.4) is 0 Å². The molecule has 2 unspecified atom stereocenters. The van der Waals surface area contributed by atoms with E-state index in [0.717, 1.165) is 18.4 Å². The molecule has 0 spiro atoms. The van der Waals surface area contributed by atoms with Gasteiger partial charge in [0, 0.05) is 11.8 Å².